The first-order chi connectivity index (χ1) is 16.3. The molecule has 0 aliphatic carbocycles. The number of hydrogen-bond donors (Lipinski definition) is 0. The normalized spacial score (nSPS) is 18.0. The summed E-state index contributed by atoms with van der Waals surface area (Å²) < 4.78 is 3.03. The number of carbonyl (C=O) groups is 1. The fourth-order valence-corrected chi connectivity index (χ4v) is 5.15. The lowest BCUT2D eigenvalue weighted by molar-refractivity contribution is -0.137. The molecule has 4 rings (SSSR count). The van der Waals surface area contributed by atoms with Gasteiger partial charge in [-0.05, 0) is 44.9 Å². The van der Waals surface area contributed by atoms with Crippen molar-refractivity contribution < 1.29 is 4.79 Å². The molecule has 2 fully saturated rings. The van der Waals surface area contributed by atoms with Gasteiger partial charge >= 0.3 is 5.69 Å². The molecule has 3 heterocycles. The lowest BCUT2D eigenvalue weighted by Crippen LogP contribution is -2.51. The molecule has 0 bridgehead atoms. The number of amides is 1. The molecule has 1 aromatic heterocycles. The quantitative estimate of drug-likeness (QED) is 0.672. The van der Waals surface area contributed by atoms with E-state index in [2.05, 4.69) is 16.8 Å². The lowest BCUT2D eigenvalue weighted by atomic mass is 9.94. The van der Waals surface area contributed by atoms with Crippen LogP contribution in [0.15, 0.2) is 39.9 Å². The topological polar surface area (TPSA) is 70.8 Å². The molecule has 34 heavy (non-hydrogen) atoms. The van der Waals surface area contributed by atoms with E-state index in [1.54, 1.807) is 4.57 Å². The predicted octanol–water partition coefficient (Wildman–Crippen LogP) is 1.95. The van der Waals surface area contributed by atoms with Crippen molar-refractivity contribution in [1.29, 1.82) is 0 Å². The maximum Gasteiger partial charge on any atom is 0.335 e. The van der Waals surface area contributed by atoms with Crippen LogP contribution in [0.4, 0.5) is 5.69 Å². The Labute approximate surface area is 201 Å². The number of piperazine rings is 1. The van der Waals surface area contributed by atoms with Crippen LogP contribution in [0.2, 0.25) is 0 Å². The molecular formula is C26H37N5O3. The van der Waals surface area contributed by atoms with E-state index in [9.17, 15) is 14.4 Å². The van der Waals surface area contributed by atoms with Gasteiger partial charge in [0, 0.05) is 51.7 Å². The molecular weight excluding hydrogens is 430 g/mol. The molecule has 0 unspecified atom stereocenters. The summed E-state index contributed by atoms with van der Waals surface area (Å²) in [6.45, 7) is 10.9. The zero-order valence-corrected chi connectivity index (χ0v) is 20.9. The van der Waals surface area contributed by atoms with Gasteiger partial charge in [-0.15, -0.1) is 0 Å². The minimum atomic E-state index is -0.300. The molecule has 8 heteroatoms. The van der Waals surface area contributed by atoms with Crippen LogP contribution in [-0.4, -0.2) is 71.2 Å². The van der Waals surface area contributed by atoms with Crippen LogP contribution in [0.5, 0.6) is 0 Å². The second kappa shape index (κ2) is 10.2. The van der Waals surface area contributed by atoms with E-state index in [0.717, 1.165) is 44.7 Å². The fourth-order valence-electron chi connectivity index (χ4n) is 5.15. The molecule has 0 atom stereocenters. The van der Waals surface area contributed by atoms with Gasteiger partial charge in [0.25, 0.3) is 5.56 Å². The second-order valence-electron chi connectivity index (χ2n) is 10.1. The maximum atomic E-state index is 13.6. The van der Waals surface area contributed by atoms with Crippen LogP contribution in [0.3, 0.4) is 0 Å². The average Bonchev–Trinajstić information content (AvgIpc) is 2.83. The minimum absolute atomic E-state index is 0.00196. The monoisotopic (exact) mass is 467 g/mol. The average molecular weight is 468 g/mol. The van der Waals surface area contributed by atoms with Crippen molar-refractivity contribution in [2.24, 2.45) is 11.8 Å². The SMILES string of the molecule is Cc1c(N2CCC(C(=O)N3CCN(C)CC3)CC2)c(=O)n(CC(C)C)c(=O)n1-c1ccccc1. The number of benzene rings is 1. The van der Waals surface area contributed by atoms with Gasteiger partial charge in [-0.3, -0.25) is 18.7 Å². The van der Waals surface area contributed by atoms with E-state index in [0.29, 0.717) is 31.0 Å². The number of piperidine rings is 1. The fraction of sp³-hybridized carbons (Fsp3) is 0.577. The first kappa shape index (κ1) is 24.3. The predicted molar refractivity (Wildman–Crippen MR) is 135 cm³/mol. The maximum absolute atomic E-state index is 13.6. The van der Waals surface area contributed by atoms with Crippen molar-refractivity contribution in [1.82, 2.24) is 18.9 Å². The Morgan fingerprint density at radius 2 is 1.59 bits per heavy atom. The van der Waals surface area contributed by atoms with Gasteiger partial charge in [0.05, 0.1) is 11.4 Å². The summed E-state index contributed by atoms with van der Waals surface area (Å²) in [4.78, 5) is 46.3. The van der Waals surface area contributed by atoms with Crippen LogP contribution in [-0.2, 0) is 11.3 Å². The first-order valence-corrected chi connectivity index (χ1v) is 12.4. The number of likely N-dealkylation sites (N-methyl/N-ethyl adjacent to an activating group) is 1. The van der Waals surface area contributed by atoms with Crippen molar-refractivity contribution in [3.8, 4) is 5.69 Å². The van der Waals surface area contributed by atoms with Gasteiger partial charge in [-0.25, -0.2) is 4.79 Å². The van der Waals surface area contributed by atoms with Crippen molar-refractivity contribution in [2.45, 2.75) is 40.2 Å². The van der Waals surface area contributed by atoms with E-state index < -0.39 is 0 Å². The Morgan fingerprint density at radius 1 is 0.971 bits per heavy atom. The van der Waals surface area contributed by atoms with Gasteiger partial charge in [-0.1, -0.05) is 32.0 Å². The molecule has 2 saturated heterocycles. The smallest absolute Gasteiger partial charge is 0.335 e. The first-order valence-electron chi connectivity index (χ1n) is 12.4. The summed E-state index contributed by atoms with van der Waals surface area (Å²) in [5, 5.41) is 0. The Balaban J connectivity index is 1.62. The third-order valence-corrected chi connectivity index (χ3v) is 7.09. The van der Waals surface area contributed by atoms with Crippen molar-refractivity contribution in [3.63, 3.8) is 0 Å². The van der Waals surface area contributed by atoms with Gasteiger partial charge in [0.15, 0.2) is 0 Å². The Morgan fingerprint density at radius 3 is 2.18 bits per heavy atom. The third-order valence-electron chi connectivity index (χ3n) is 7.09. The van der Waals surface area contributed by atoms with E-state index in [-0.39, 0.29) is 29.0 Å². The van der Waals surface area contributed by atoms with Crippen LogP contribution >= 0.6 is 0 Å². The number of anilines is 1. The molecule has 8 nitrogen and oxygen atoms in total. The highest BCUT2D eigenvalue weighted by Crippen LogP contribution is 2.26. The summed E-state index contributed by atoms with van der Waals surface area (Å²) in [6.07, 6.45) is 1.44. The molecule has 2 aliphatic rings. The summed E-state index contributed by atoms with van der Waals surface area (Å²) in [5.74, 6) is 0.408. The van der Waals surface area contributed by atoms with Crippen LogP contribution in [0, 0.1) is 18.8 Å². The van der Waals surface area contributed by atoms with Gasteiger partial charge < -0.3 is 14.7 Å². The van der Waals surface area contributed by atoms with Crippen molar-refractivity contribution >= 4 is 11.6 Å². The van der Waals surface area contributed by atoms with Crippen LogP contribution < -0.4 is 16.1 Å². The molecule has 0 spiro atoms. The number of nitrogens with zero attached hydrogens (tertiary/aromatic N) is 5. The minimum Gasteiger partial charge on any atom is -0.366 e. The molecule has 0 saturated carbocycles. The van der Waals surface area contributed by atoms with E-state index in [1.165, 1.54) is 4.57 Å². The Bertz CT molecular complexity index is 1120. The van der Waals surface area contributed by atoms with Crippen LogP contribution in [0.1, 0.15) is 32.4 Å². The molecule has 2 aromatic rings. The number of aromatic nitrogens is 2. The Kier molecular flexibility index (Phi) is 7.26. The number of hydrogen-bond acceptors (Lipinski definition) is 5. The highest BCUT2D eigenvalue weighted by Gasteiger charge is 2.32. The van der Waals surface area contributed by atoms with Gasteiger partial charge in [-0.2, -0.15) is 0 Å². The summed E-state index contributed by atoms with van der Waals surface area (Å²) >= 11 is 0. The zero-order chi connectivity index (χ0) is 24.4. The highest BCUT2D eigenvalue weighted by atomic mass is 16.2. The lowest BCUT2D eigenvalue weighted by Gasteiger charge is -2.38. The second-order valence-corrected chi connectivity index (χ2v) is 10.1. The summed E-state index contributed by atoms with van der Waals surface area (Å²) in [5.41, 5.74) is 1.46. The molecule has 1 aromatic carbocycles. The number of carbonyl (C=O) groups excluding carboxylic acids is 1. The largest absolute Gasteiger partial charge is 0.366 e. The standard InChI is InChI=1S/C26H37N5O3/c1-19(2)18-30-25(33)23(20(3)31(26(30)34)22-8-6-5-7-9-22)28-12-10-21(11-13-28)24(32)29-16-14-27(4)15-17-29/h5-9,19,21H,10-18H2,1-4H3. The molecule has 184 valence electrons. The van der Waals surface area contributed by atoms with Crippen molar-refractivity contribution in [2.75, 3.05) is 51.2 Å². The summed E-state index contributed by atoms with van der Waals surface area (Å²) in [7, 11) is 2.09. The Hall–Kier alpha value is -2.87. The zero-order valence-electron chi connectivity index (χ0n) is 20.9. The van der Waals surface area contributed by atoms with E-state index >= 15 is 0 Å². The van der Waals surface area contributed by atoms with Gasteiger partial charge in [0.1, 0.15) is 5.69 Å². The van der Waals surface area contributed by atoms with E-state index in [1.807, 2.05) is 56.0 Å². The number of rotatable bonds is 5. The molecule has 0 N–H and O–H groups in total. The summed E-state index contributed by atoms with van der Waals surface area (Å²) in [6, 6.07) is 9.49. The third kappa shape index (κ3) is 4.82. The molecule has 1 amide bonds. The highest BCUT2D eigenvalue weighted by molar-refractivity contribution is 5.79. The van der Waals surface area contributed by atoms with E-state index in [4.69, 9.17) is 0 Å². The van der Waals surface area contributed by atoms with Gasteiger partial charge in [0.2, 0.25) is 5.91 Å². The molecule has 2 aliphatic heterocycles. The number of para-hydroxylation sites is 1. The van der Waals surface area contributed by atoms with Crippen molar-refractivity contribution in [3.05, 3.63) is 56.9 Å². The molecule has 0 radical (unpaired) electrons. The van der Waals surface area contributed by atoms with Crippen LogP contribution in [0.25, 0.3) is 5.69 Å².